The van der Waals surface area contributed by atoms with Crippen molar-refractivity contribution in [3.63, 3.8) is 0 Å². The van der Waals surface area contributed by atoms with E-state index >= 15 is 0 Å². The van der Waals surface area contributed by atoms with Crippen molar-refractivity contribution in [2.75, 3.05) is 20.1 Å². The molecule has 4 N–H and O–H groups in total. The SMILES string of the molecule is CNCCNC(=O)C(C)(C)N. The van der Waals surface area contributed by atoms with Gasteiger partial charge in [0.1, 0.15) is 0 Å². The fraction of sp³-hybridized carbons (Fsp3) is 0.857. The van der Waals surface area contributed by atoms with Crippen molar-refractivity contribution in [3.8, 4) is 0 Å². The van der Waals surface area contributed by atoms with Gasteiger partial charge in [-0.3, -0.25) is 4.79 Å². The third-order valence-corrected chi connectivity index (χ3v) is 1.25. The zero-order chi connectivity index (χ0) is 8.91. The molecule has 0 aromatic heterocycles. The van der Waals surface area contributed by atoms with Crippen LogP contribution in [0.2, 0.25) is 0 Å². The van der Waals surface area contributed by atoms with Crippen LogP contribution in [-0.4, -0.2) is 31.6 Å². The number of nitrogens with one attached hydrogen (secondary N) is 2. The summed E-state index contributed by atoms with van der Waals surface area (Å²) in [5.41, 5.74) is 4.76. The van der Waals surface area contributed by atoms with Crippen LogP contribution in [0.1, 0.15) is 13.8 Å². The van der Waals surface area contributed by atoms with Crippen molar-refractivity contribution >= 4 is 5.91 Å². The maximum atomic E-state index is 11.1. The highest BCUT2D eigenvalue weighted by Crippen LogP contribution is 1.94. The molecule has 0 spiro atoms. The van der Waals surface area contributed by atoms with Gasteiger partial charge in [-0.05, 0) is 20.9 Å². The molecule has 0 aromatic rings. The Kier molecular flexibility index (Phi) is 4.07. The predicted molar refractivity (Wildman–Crippen MR) is 45.2 cm³/mol. The molecule has 0 unspecified atom stereocenters. The summed E-state index contributed by atoms with van der Waals surface area (Å²) in [6.45, 7) is 4.75. The van der Waals surface area contributed by atoms with Gasteiger partial charge in [-0.15, -0.1) is 0 Å². The van der Waals surface area contributed by atoms with Crippen LogP contribution in [0.3, 0.4) is 0 Å². The van der Waals surface area contributed by atoms with Gasteiger partial charge in [0.15, 0.2) is 0 Å². The minimum absolute atomic E-state index is 0.118. The van der Waals surface area contributed by atoms with Crippen molar-refractivity contribution in [2.24, 2.45) is 5.73 Å². The van der Waals surface area contributed by atoms with Crippen LogP contribution in [-0.2, 0) is 4.79 Å². The standard InChI is InChI=1S/C7H17N3O/c1-7(2,8)6(11)10-5-4-9-3/h9H,4-5,8H2,1-3H3,(H,10,11). The number of hydrogen-bond donors (Lipinski definition) is 3. The van der Waals surface area contributed by atoms with E-state index in [2.05, 4.69) is 10.6 Å². The van der Waals surface area contributed by atoms with Gasteiger partial charge in [-0.25, -0.2) is 0 Å². The Morgan fingerprint density at radius 1 is 1.45 bits per heavy atom. The van der Waals surface area contributed by atoms with Gasteiger partial charge in [0, 0.05) is 13.1 Å². The first kappa shape index (κ1) is 10.4. The van der Waals surface area contributed by atoms with E-state index in [-0.39, 0.29) is 5.91 Å². The van der Waals surface area contributed by atoms with Gasteiger partial charge in [0.05, 0.1) is 5.54 Å². The Bertz CT molecular complexity index is 128. The molecule has 0 aliphatic rings. The van der Waals surface area contributed by atoms with Gasteiger partial charge in [-0.2, -0.15) is 0 Å². The predicted octanol–water partition coefficient (Wildman–Crippen LogP) is -0.941. The molecule has 1 amide bonds. The van der Waals surface area contributed by atoms with Crippen LogP contribution in [0.25, 0.3) is 0 Å². The van der Waals surface area contributed by atoms with Crippen LogP contribution in [0.15, 0.2) is 0 Å². The molecule has 0 saturated carbocycles. The summed E-state index contributed by atoms with van der Waals surface area (Å²) < 4.78 is 0. The van der Waals surface area contributed by atoms with Crippen LogP contribution >= 0.6 is 0 Å². The normalized spacial score (nSPS) is 11.3. The maximum Gasteiger partial charge on any atom is 0.239 e. The molecule has 0 radical (unpaired) electrons. The van der Waals surface area contributed by atoms with Crippen molar-refractivity contribution in [3.05, 3.63) is 0 Å². The highest BCUT2D eigenvalue weighted by Gasteiger charge is 2.20. The first-order valence-electron chi connectivity index (χ1n) is 3.70. The topological polar surface area (TPSA) is 67.1 Å². The Morgan fingerprint density at radius 3 is 2.36 bits per heavy atom. The van der Waals surface area contributed by atoms with E-state index in [1.54, 1.807) is 13.8 Å². The number of likely N-dealkylation sites (N-methyl/N-ethyl adjacent to an activating group) is 1. The van der Waals surface area contributed by atoms with Crippen LogP contribution in [0.5, 0.6) is 0 Å². The van der Waals surface area contributed by atoms with E-state index in [9.17, 15) is 4.79 Å². The van der Waals surface area contributed by atoms with E-state index in [4.69, 9.17) is 5.73 Å². The molecule has 0 atom stereocenters. The van der Waals surface area contributed by atoms with Crippen molar-refractivity contribution < 1.29 is 4.79 Å². The van der Waals surface area contributed by atoms with E-state index in [0.717, 1.165) is 6.54 Å². The Balaban J connectivity index is 3.54. The first-order chi connectivity index (χ1) is 4.98. The molecule has 0 saturated heterocycles. The van der Waals surface area contributed by atoms with Crippen LogP contribution in [0, 0.1) is 0 Å². The van der Waals surface area contributed by atoms with E-state index in [0.29, 0.717) is 6.54 Å². The van der Waals surface area contributed by atoms with Crippen molar-refractivity contribution in [1.29, 1.82) is 0 Å². The molecule has 4 heteroatoms. The summed E-state index contributed by atoms with van der Waals surface area (Å²) in [6.07, 6.45) is 0. The summed E-state index contributed by atoms with van der Waals surface area (Å²) >= 11 is 0. The fourth-order valence-electron chi connectivity index (χ4n) is 0.529. The monoisotopic (exact) mass is 159 g/mol. The Hall–Kier alpha value is -0.610. The maximum absolute atomic E-state index is 11.1. The van der Waals surface area contributed by atoms with Crippen molar-refractivity contribution in [1.82, 2.24) is 10.6 Å². The average Bonchev–Trinajstić information content (AvgIpc) is 1.86. The average molecular weight is 159 g/mol. The molecule has 0 bridgehead atoms. The molecule has 11 heavy (non-hydrogen) atoms. The summed E-state index contributed by atoms with van der Waals surface area (Å²) in [5, 5.41) is 5.62. The molecule has 4 nitrogen and oxygen atoms in total. The second kappa shape index (κ2) is 4.31. The van der Waals surface area contributed by atoms with E-state index < -0.39 is 5.54 Å². The number of nitrogens with two attached hydrogens (primary N) is 1. The zero-order valence-corrected chi connectivity index (χ0v) is 7.40. The third kappa shape index (κ3) is 4.75. The minimum Gasteiger partial charge on any atom is -0.353 e. The zero-order valence-electron chi connectivity index (χ0n) is 7.40. The minimum atomic E-state index is -0.770. The molecule has 0 aliphatic carbocycles. The summed E-state index contributed by atoms with van der Waals surface area (Å²) in [5.74, 6) is -0.118. The van der Waals surface area contributed by atoms with Gasteiger partial charge in [0.25, 0.3) is 0 Å². The number of hydrogen-bond acceptors (Lipinski definition) is 3. The Morgan fingerprint density at radius 2 is 2.00 bits per heavy atom. The number of rotatable bonds is 4. The number of carbonyl (C=O) groups excluding carboxylic acids is 1. The largest absolute Gasteiger partial charge is 0.353 e. The van der Waals surface area contributed by atoms with Gasteiger partial charge in [0.2, 0.25) is 5.91 Å². The number of carbonyl (C=O) groups is 1. The summed E-state index contributed by atoms with van der Waals surface area (Å²) in [6, 6.07) is 0. The van der Waals surface area contributed by atoms with Gasteiger partial charge < -0.3 is 16.4 Å². The summed E-state index contributed by atoms with van der Waals surface area (Å²) in [4.78, 5) is 11.1. The number of amides is 1. The van der Waals surface area contributed by atoms with Gasteiger partial charge >= 0.3 is 0 Å². The highest BCUT2D eigenvalue weighted by molar-refractivity contribution is 5.84. The lowest BCUT2D eigenvalue weighted by atomic mass is 10.1. The highest BCUT2D eigenvalue weighted by atomic mass is 16.2. The van der Waals surface area contributed by atoms with E-state index in [1.807, 2.05) is 7.05 Å². The second-order valence-corrected chi connectivity index (χ2v) is 3.08. The van der Waals surface area contributed by atoms with E-state index in [1.165, 1.54) is 0 Å². The molecule has 0 heterocycles. The quantitative estimate of drug-likeness (QED) is 0.464. The molecule has 0 fully saturated rings. The fourth-order valence-corrected chi connectivity index (χ4v) is 0.529. The Labute approximate surface area is 67.5 Å². The lowest BCUT2D eigenvalue weighted by Crippen LogP contribution is -2.50. The molecule has 66 valence electrons. The van der Waals surface area contributed by atoms with Gasteiger partial charge in [-0.1, -0.05) is 0 Å². The molecule has 0 aromatic carbocycles. The van der Waals surface area contributed by atoms with Crippen LogP contribution < -0.4 is 16.4 Å². The smallest absolute Gasteiger partial charge is 0.239 e. The molecule has 0 rings (SSSR count). The first-order valence-corrected chi connectivity index (χ1v) is 3.70. The molecular weight excluding hydrogens is 142 g/mol. The second-order valence-electron chi connectivity index (χ2n) is 3.08. The lowest BCUT2D eigenvalue weighted by Gasteiger charge is -2.17. The van der Waals surface area contributed by atoms with Crippen molar-refractivity contribution in [2.45, 2.75) is 19.4 Å². The third-order valence-electron chi connectivity index (χ3n) is 1.25. The van der Waals surface area contributed by atoms with Crippen LogP contribution in [0.4, 0.5) is 0 Å². The molecular formula is C7H17N3O. The molecule has 0 aliphatic heterocycles. The summed E-state index contributed by atoms with van der Waals surface area (Å²) in [7, 11) is 1.83. The lowest BCUT2D eigenvalue weighted by molar-refractivity contribution is -0.125.